The first-order valence-corrected chi connectivity index (χ1v) is 8.03. The lowest BCUT2D eigenvalue weighted by Crippen LogP contribution is -2.42. The van der Waals surface area contributed by atoms with Crippen molar-refractivity contribution < 1.29 is 17.6 Å². The molecule has 0 spiro atoms. The van der Waals surface area contributed by atoms with Gasteiger partial charge >= 0.3 is 6.18 Å². The maximum absolute atomic E-state index is 13.8. The highest BCUT2D eigenvalue weighted by molar-refractivity contribution is 5.67. The zero-order chi connectivity index (χ0) is 17.1. The summed E-state index contributed by atoms with van der Waals surface area (Å²) in [5, 5.41) is 8.04. The molecule has 1 aromatic heterocycles. The lowest BCUT2D eigenvalue weighted by molar-refractivity contribution is -0.137. The van der Waals surface area contributed by atoms with Crippen molar-refractivity contribution in [3.05, 3.63) is 40.8 Å². The first-order chi connectivity index (χ1) is 11.3. The Bertz CT molecular complexity index is 794. The van der Waals surface area contributed by atoms with Gasteiger partial charge in [0.15, 0.2) is 0 Å². The molecule has 1 aromatic carbocycles. The lowest BCUT2D eigenvalue weighted by Gasteiger charge is -2.35. The second kappa shape index (κ2) is 5.31. The minimum Gasteiger partial charge on any atom is -0.305 e. The molecule has 0 aliphatic carbocycles. The average molecular weight is 339 g/mol. The molecular formula is C17H17F4N3. The molecule has 3 nitrogen and oxygen atoms in total. The van der Waals surface area contributed by atoms with Crippen LogP contribution in [-0.2, 0) is 19.6 Å². The number of fused-ring (bicyclic) bond motifs is 4. The molecule has 2 aromatic rings. The van der Waals surface area contributed by atoms with Crippen molar-refractivity contribution in [3.63, 3.8) is 0 Å². The van der Waals surface area contributed by atoms with Crippen LogP contribution in [0.2, 0.25) is 0 Å². The quantitative estimate of drug-likeness (QED) is 0.797. The third kappa shape index (κ3) is 2.51. The molecular weight excluding hydrogens is 322 g/mol. The van der Waals surface area contributed by atoms with E-state index in [2.05, 4.69) is 10.4 Å². The number of rotatable bonds is 1. The fourth-order valence-corrected chi connectivity index (χ4v) is 3.96. The van der Waals surface area contributed by atoms with Crippen LogP contribution in [0.25, 0.3) is 11.3 Å². The van der Waals surface area contributed by atoms with Crippen molar-refractivity contribution >= 4 is 0 Å². The van der Waals surface area contributed by atoms with Gasteiger partial charge in [-0.25, -0.2) is 4.39 Å². The van der Waals surface area contributed by atoms with Crippen LogP contribution < -0.4 is 5.32 Å². The van der Waals surface area contributed by atoms with E-state index in [4.69, 9.17) is 0 Å². The van der Waals surface area contributed by atoms with Gasteiger partial charge in [0.1, 0.15) is 5.82 Å². The van der Waals surface area contributed by atoms with Crippen molar-refractivity contribution in [2.75, 3.05) is 0 Å². The summed E-state index contributed by atoms with van der Waals surface area (Å²) in [6.45, 7) is 0. The number of halogens is 4. The van der Waals surface area contributed by atoms with Gasteiger partial charge in [-0.2, -0.15) is 18.3 Å². The summed E-state index contributed by atoms with van der Waals surface area (Å²) in [6.07, 6.45) is -0.732. The third-order valence-corrected chi connectivity index (χ3v) is 4.94. The molecule has 128 valence electrons. The van der Waals surface area contributed by atoms with E-state index < -0.39 is 17.6 Å². The van der Waals surface area contributed by atoms with Crippen LogP contribution in [0.3, 0.4) is 0 Å². The van der Waals surface area contributed by atoms with Gasteiger partial charge in [-0.05, 0) is 43.9 Å². The molecule has 1 saturated heterocycles. The van der Waals surface area contributed by atoms with E-state index in [1.807, 2.05) is 0 Å². The summed E-state index contributed by atoms with van der Waals surface area (Å²) in [4.78, 5) is 0. The number of hydrogen-bond acceptors (Lipinski definition) is 2. The highest BCUT2D eigenvalue weighted by Gasteiger charge is 2.36. The molecule has 0 saturated carbocycles. The predicted molar refractivity (Wildman–Crippen MR) is 80.8 cm³/mol. The molecule has 7 heteroatoms. The van der Waals surface area contributed by atoms with Gasteiger partial charge in [0.05, 0.1) is 23.0 Å². The normalized spacial score (nSPS) is 23.2. The Hall–Kier alpha value is -1.89. The smallest absolute Gasteiger partial charge is 0.305 e. The van der Waals surface area contributed by atoms with E-state index >= 15 is 0 Å². The summed E-state index contributed by atoms with van der Waals surface area (Å²) in [6, 6.07) is 3.16. The molecule has 24 heavy (non-hydrogen) atoms. The number of piperidine rings is 1. The summed E-state index contributed by atoms with van der Waals surface area (Å²) in [5.41, 5.74) is 1.69. The maximum atomic E-state index is 13.8. The monoisotopic (exact) mass is 339 g/mol. The number of benzene rings is 1. The minimum atomic E-state index is -4.58. The van der Waals surface area contributed by atoms with Gasteiger partial charge in [0.25, 0.3) is 0 Å². The summed E-state index contributed by atoms with van der Waals surface area (Å²) >= 11 is 0. The van der Waals surface area contributed by atoms with Crippen molar-refractivity contribution in [2.24, 2.45) is 7.05 Å². The molecule has 2 aliphatic heterocycles. The zero-order valence-electron chi connectivity index (χ0n) is 13.1. The van der Waals surface area contributed by atoms with E-state index in [1.165, 1.54) is 0 Å². The number of nitrogens with zero attached hydrogens (tertiary/aromatic N) is 2. The third-order valence-electron chi connectivity index (χ3n) is 4.94. The fraction of sp³-hybridized carbons (Fsp3) is 0.471. The Morgan fingerprint density at radius 3 is 2.75 bits per heavy atom. The molecule has 0 unspecified atom stereocenters. The molecule has 2 atom stereocenters. The number of hydrogen-bond donors (Lipinski definition) is 1. The fourth-order valence-electron chi connectivity index (χ4n) is 3.96. The van der Waals surface area contributed by atoms with Crippen LogP contribution in [0.1, 0.15) is 42.1 Å². The van der Waals surface area contributed by atoms with Crippen LogP contribution in [0.5, 0.6) is 0 Å². The summed E-state index contributed by atoms with van der Waals surface area (Å²) < 4.78 is 54.4. The molecule has 4 rings (SSSR count). The Labute approximate surface area is 136 Å². The highest BCUT2D eigenvalue weighted by atomic mass is 19.4. The van der Waals surface area contributed by atoms with Crippen LogP contribution in [0.4, 0.5) is 17.6 Å². The van der Waals surface area contributed by atoms with Gasteiger partial charge in [-0.15, -0.1) is 0 Å². The van der Waals surface area contributed by atoms with E-state index in [0.29, 0.717) is 24.2 Å². The molecule has 1 fully saturated rings. The molecule has 2 aliphatic rings. The second-order valence-electron chi connectivity index (χ2n) is 6.61. The summed E-state index contributed by atoms with van der Waals surface area (Å²) in [7, 11) is 1.70. The molecule has 2 bridgehead atoms. The number of aromatic nitrogens is 2. The van der Waals surface area contributed by atoms with E-state index in [9.17, 15) is 17.6 Å². The van der Waals surface area contributed by atoms with Gasteiger partial charge in [0.2, 0.25) is 0 Å². The standard InChI is InChI=1S/C17H17F4N3/c1-24-16(9-5-10(17(19,20)21)7-11(18)6-9)13-8-12-3-2-4-14(22-12)15(13)23-24/h5-7,12,14,22H,2-4,8H2,1H3/t12-,14+/m0/s1. The van der Waals surface area contributed by atoms with E-state index in [0.717, 1.165) is 42.7 Å². The van der Waals surface area contributed by atoms with Crippen LogP contribution in [0, 0.1) is 5.82 Å². The minimum absolute atomic E-state index is 0.142. The maximum Gasteiger partial charge on any atom is 0.416 e. The number of nitrogens with one attached hydrogen (secondary N) is 1. The first kappa shape index (κ1) is 15.6. The Morgan fingerprint density at radius 1 is 1.21 bits per heavy atom. The zero-order valence-corrected chi connectivity index (χ0v) is 13.1. The van der Waals surface area contributed by atoms with Crippen molar-refractivity contribution in [1.29, 1.82) is 0 Å². The number of aryl methyl sites for hydroxylation is 1. The lowest BCUT2D eigenvalue weighted by atomic mass is 9.84. The molecule has 0 amide bonds. The van der Waals surface area contributed by atoms with Crippen LogP contribution in [-0.4, -0.2) is 15.8 Å². The first-order valence-electron chi connectivity index (χ1n) is 8.03. The van der Waals surface area contributed by atoms with Gasteiger partial charge < -0.3 is 5.32 Å². The Kier molecular flexibility index (Phi) is 3.46. The second-order valence-corrected chi connectivity index (χ2v) is 6.61. The predicted octanol–water partition coefficient (Wildman–Crippen LogP) is 3.98. The topological polar surface area (TPSA) is 29.9 Å². The van der Waals surface area contributed by atoms with Crippen molar-refractivity contribution in [3.8, 4) is 11.3 Å². The number of alkyl halides is 3. The van der Waals surface area contributed by atoms with E-state index in [-0.39, 0.29) is 11.6 Å². The van der Waals surface area contributed by atoms with Gasteiger partial charge in [0, 0.05) is 24.2 Å². The van der Waals surface area contributed by atoms with E-state index in [1.54, 1.807) is 11.7 Å². The highest BCUT2D eigenvalue weighted by Crippen LogP contribution is 2.40. The average Bonchev–Trinajstić information content (AvgIpc) is 2.82. The molecule has 3 heterocycles. The van der Waals surface area contributed by atoms with Crippen LogP contribution >= 0.6 is 0 Å². The molecule has 1 N–H and O–H groups in total. The summed E-state index contributed by atoms with van der Waals surface area (Å²) in [5.74, 6) is -0.885. The molecule has 0 radical (unpaired) electrons. The van der Waals surface area contributed by atoms with Crippen molar-refractivity contribution in [2.45, 2.75) is 43.9 Å². The SMILES string of the molecule is Cn1nc2c(c1-c1cc(F)cc(C(F)(F)F)c1)C[C@@H]1CCC[C@H]2N1. The van der Waals surface area contributed by atoms with Gasteiger partial charge in [-0.1, -0.05) is 0 Å². The van der Waals surface area contributed by atoms with Crippen molar-refractivity contribution in [1.82, 2.24) is 15.1 Å². The Morgan fingerprint density at radius 2 is 2.00 bits per heavy atom. The van der Waals surface area contributed by atoms with Crippen LogP contribution in [0.15, 0.2) is 18.2 Å². The van der Waals surface area contributed by atoms with Gasteiger partial charge in [-0.3, -0.25) is 4.68 Å². The largest absolute Gasteiger partial charge is 0.416 e. The Balaban J connectivity index is 1.87.